The van der Waals surface area contributed by atoms with Crippen LogP contribution in [0.25, 0.3) is 71.4 Å². The van der Waals surface area contributed by atoms with Gasteiger partial charge < -0.3 is 5.73 Å². The van der Waals surface area contributed by atoms with Crippen molar-refractivity contribution in [2.75, 3.05) is 5.73 Å². The average molecular weight is 655 g/mol. The summed E-state index contributed by atoms with van der Waals surface area (Å²) in [6.07, 6.45) is 7.29. The standard InChI is InChI=1S/C32H22N2.C15H12N2/c33-29-18-17-23(20-30(29)34)22-11-8-12-24(19-22)32-27-15-6-4-13-25(27)31(21-9-2-1-3-10-21)26-14-5-7-16-28(26)32;16-14-7-5-11(6-8-14)13-9-12-3-1-2-4-15(12)17-10-13/h1-20,33-34H;1-10H,16H2. The number of pyridine rings is 1. The van der Waals surface area contributed by atoms with Gasteiger partial charge in [-0.05, 0) is 103 Å². The molecule has 0 saturated carbocycles. The number of hydrogen-bond donors (Lipinski definition) is 3. The van der Waals surface area contributed by atoms with Crippen LogP contribution in [0.2, 0.25) is 0 Å². The highest BCUT2D eigenvalue weighted by Crippen LogP contribution is 2.44. The molecule has 8 aromatic rings. The molecular formula is C47H34N4. The molecule has 7 aromatic carbocycles. The zero-order valence-corrected chi connectivity index (χ0v) is 27.8. The molecule has 1 aliphatic rings. The molecule has 4 N–H and O–H groups in total. The molecule has 0 radical (unpaired) electrons. The second kappa shape index (κ2) is 13.5. The topological polar surface area (TPSA) is 86.6 Å². The fraction of sp³-hybridized carbons (Fsp3) is 0. The Bertz CT molecular complexity index is 2610. The van der Waals surface area contributed by atoms with Gasteiger partial charge in [-0.15, -0.1) is 0 Å². The van der Waals surface area contributed by atoms with E-state index in [0.29, 0.717) is 0 Å². The third kappa shape index (κ3) is 6.23. The number of nitrogens with one attached hydrogen (secondary N) is 2. The number of anilines is 1. The highest BCUT2D eigenvalue weighted by molar-refractivity contribution is 6.50. The molecule has 4 nitrogen and oxygen atoms in total. The first-order chi connectivity index (χ1) is 25.0. The molecule has 0 unspecified atom stereocenters. The van der Waals surface area contributed by atoms with Gasteiger partial charge in [0, 0.05) is 22.8 Å². The number of nitrogens with two attached hydrogens (primary N) is 1. The van der Waals surface area contributed by atoms with Crippen LogP contribution in [0.5, 0.6) is 0 Å². The third-order valence-electron chi connectivity index (χ3n) is 9.33. The van der Waals surface area contributed by atoms with Crippen molar-refractivity contribution in [3.05, 3.63) is 188 Å². The summed E-state index contributed by atoms with van der Waals surface area (Å²) in [6.45, 7) is 0. The predicted molar refractivity (Wildman–Crippen MR) is 216 cm³/mol. The van der Waals surface area contributed by atoms with Crippen molar-refractivity contribution in [2.45, 2.75) is 0 Å². The van der Waals surface area contributed by atoms with Gasteiger partial charge >= 0.3 is 0 Å². The smallest absolute Gasteiger partial charge is 0.0795 e. The summed E-state index contributed by atoms with van der Waals surface area (Å²) in [5.74, 6) is 0. The minimum atomic E-state index is 0.242. The minimum absolute atomic E-state index is 0.242. The molecular weight excluding hydrogens is 621 g/mol. The number of rotatable bonds is 4. The Morgan fingerprint density at radius 1 is 0.431 bits per heavy atom. The van der Waals surface area contributed by atoms with E-state index in [9.17, 15) is 0 Å². The largest absolute Gasteiger partial charge is 0.399 e. The third-order valence-corrected chi connectivity index (χ3v) is 9.33. The van der Waals surface area contributed by atoms with Gasteiger partial charge in [-0.1, -0.05) is 133 Å². The molecule has 1 aliphatic carbocycles. The highest BCUT2D eigenvalue weighted by Gasteiger charge is 2.17. The minimum Gasteiger partial charge on any atom is -0.399 e. The van der Waals surface area contributed by atoms with Crippen molar-refractivity contribution in [1.82, 2.24) is 4.98 Å². The van der Waals surface area contributed by atoms with Crippen LogP contribution in [-0.2, 0) is 0 Å². The maximum Gasteiger partial charge on any atom is 0.0795 e. The van der Waals surface area contributed by atoms with Crippen molar-refractivity contribution in [2.24, 2.45) is 0 Å². The molecule has 4 heteroatoms. The molecule has 1 heterocycles. The number of allylic oxidation sites excluding steroid dienone is 4. The van der Waals surface area contributed by atoms with Crippen molar-refractivity contribution in [3.63, 3.8) is 0 Å². The number of fused-ring (bicyclic) bond motifs is 3. The Hall–Kier alpha value is -6.91. The van der Waals surface area contributed by atoms with Gasteiger partial charge in [0.1, 0.15) is 0 Å². The van der Waals surface area contributed by atoms with E-state index in [-0.39, 0.29) is 11.4 Å². The quantitative estimate of drug-likeness (QED) is 0.100. The first-order valence-corrected chi connectivity index (χ1v) is 16.9. The molecule has 1 aromatic heterocycles. The zero-order valence-electron chi connectivity index (χ0n) is 27.8. The monoisotopic (exact) mass is 654 g/mol. The molecule has 51 heavy (non-hydrogen) atoms. The molecule has 9 rings (SSSR count). The SMILES string of the molecule is N=C1C=CC(c2cccc(-c3c4ccccc4c(-c4ccccc4)c4ccccc34)c2)=CC1=N.Nc1ccc(-c2cnc3ccccc3c2)cc1. The number of benzene rings is 7. The average Bonchev–Trinajstić information content (AvgIpc) is 3.18. The van der Waals surface area contributed by atoms with Crippen molar-refractivity contribution in [3.8, 4) is 33.4 Å². The van der Waals surface area contributed by atoms with Crippen LogP contribution in [-0.4, -0.2) is 16.4 Å². The lowest BCUT2D eigenvalue weighted by Crippen LogP contribution is -2.09. The molecule has 0 spiro atoms. The van der Waals surface area contributed by atoms with E-state index >= 15 is 0 Å². The number of para-hydroxylation sites is 1. The molecule has 0 bridgehead atoms. The molecule has 0 aliphatic heterocycles. The van der Waals surface area contributed by atoms with E-state index < -0.39 is 0 Å². The summed E-state index contributed by atoms with van der Waals surface area (Å²) < 4.78 is 0. The van der Waals surface area contributed by atoms with Crippen LogP contribution < -0.4 is 5.73 Å². The zero-order chi connectivity index (χ0) is 34.7. The summed E-state index contributed by atoms with van der Waals surface area (Å²) in [6, 6.07) is 54.6. The van der Waals surface area contributed by atoms with E-state index in [1.54, 1.807) is 12.2 Å². The number of aromatic nitrogens is 1. The first-order valence-electron chi connectivity index (χ1n) is 16.9. The Kier molecular flexibility index (Phi) is 8.33. The second-order valence-corrected chi connectivity index (χ2v) is 12.6. The fourth-order valence-corrected chi connectivity index (χ4v) is 6.84. The summed E-state index contributed by atoms with van der Waals surface area (Å²) >= 11 is 0. The van der Waals surface area contributed by atoms with Crippen LogP contribution >= 0.6 is 0 Å². The molecule has 242 valence electrons. The Morgan fingerprint density at radius 3 is 1.67 bits per heavy atom. The maximum absolute atomic E-state index is 8.06. The van der Waals surface area contributed by atoms with Gasteiger partial charge in [0.25, 0.3) is 0 Å². The fourth-order valence-electron chi connectivity index (χ4n) is 6.84. The maximum atomic E-state index is 8.06. The van der Waals surface area contributed by atoms with Gasteiger partial charge in [0.05, 0.1) is 16.9 Å². The lowest BCUT2D eigenvalue weighted by molar-refractivity contribution is 1.41. The van der Waals surface area contributed by atoms with E-state index in [0.717, 1.165) is 44.4 Å². The normalized spacial score (nSPS) is 12.5. The number of nitrogens with zero attached hydrogens (tertiary/aromatic N) is 1. The highest BCUT2D eigenvalue weighted by atomic mass is 14.6. The van der Waals surface area contributed by atoms with Crippen molar-refractivity contribution >= 4 is 55.1 Å². The predicted octanol–water partition coefficient (Wildman–Crippen LogP) is 11.8. The molecule has 0 amide bonds. The lowest BCUT2D eigenvalue weighted by Gasteiger charge is -2.18. The molecule has 0 atom stereocenters. The lowest BCUT2D eigenvalue weighted by atomic mass is 9.85. The van der Waals surface area contributed by atoms with Crippen LogP contribution in [0.4, 0.5) is 5.69 Å². The van der Waals surface area contributed by atoms with Crippen LogP contribution in [0.15, 0.2) is 182 Å². The van der Waals surface area contributed by atoms with Gasteiger partial charge in [-0.3, -0.25) is 15.8 Å². The van der Waals surface area contributed by atoms with E-state index in [4.69, 9.17) is 16.6 Å². The van der Waals surface area contributed by atoms with Crippen molar-refractivity contribution < 1.29 is 0 Å². The van der Waals surface area contributed by atoms with Gasteiger partial charge in [-0.25, -0.2) is 0 Å². The van der Waals surface area contributed by atoms with Gasteiger partial charge in [-0.2, -0.15) is 0 Å². The molecule has 0 saturated heterocycles. The first kappa shape index (κ1) is 31.4. The Labute approximate surface area is 296 Å². The Morgan fingerprint density at radius 2 is 1.00 bits per heavy atom. The van der Waals surface area contributed by atoms with E-state index in [1.165, 1.54) is 38.2 Å². The number of hydrogen-bond acceptors (Lipinski definition) is 4. The van der Waals surface area contributed by atoms with Gasteiger partial charge in [0.2, 0.25) is 0 Å². The van der Waals surface area contributed by atoms with Crippen molar-refractivity contribution in [1.29, 1.82) is 10.8 Å². The van der Waals surface area contributed by atoms with Crippen LogP contribution in [0.3, 0.4) is 0 Å². The second-order valence-electron chi connectivity index (χ2n) is 12.6. The number of nitrogen functional groups attached to an aromatic ring is 1. The summed E-state index contributed by atoms with van der Waals surface area (Å²) in [5.41, 5.74) is 17.1. The van der Waals surface area contributed by atoms with Gasteiger partial charge in [0.15, 0.2) is 0 Å². The summed E-state index contributed by atoms with van der Waals surface area (Å²) in [7, 11) is 0. The van der Waals surface area contributed by atoms with E-state index in [2.05, 4.69) is 120 Å². The van der Waals surface area contributed by atoms with Crippen LogP contribution in [0, 0.1) is 10.8 Å². The van der Waals surface area contributed by atoms with Crippen LogP contribution in [0.1, 0.15) is 5.56 Å². The Balaban J connectivity index is 0.000000184. The summed E-state index contributed by atoms with van der Waals surface area (Å²) in [5, 5.41) is 22.0. The summed E-state index contributed by atoms with van der Waals surface area (Å²) in [4.78, 5) is 4.45. The van der Waals surface area contributed by atoms with E-state index in [1.807, 2.05) is 54.7 Å². The molecule has 0 fully saturated rings.